The van der Waals surface area contributed by atoms with E-state index in [1.807, 2.05) is 41.0 Å². The third-order valence-electron chi connectivity index (χ3n) is 4.84. The Morgan fingerprint density at radius 3 is 2.32 bits per heavy atom. The molecule has 0 saturated carbocycles. The van der Waals surface area contributed by atoms with E-state index in [0.29, 0.717) is 13.1 Å². The molecule has 3 heterocycles. The second kappa shape index (κ2) is 9.70. The van der Waals surface area contributed by atoms with Gasteiger partial charge in [0.1, 0.15) is 11.5 Å². The molecule has 0 unspecified atom stereocenters. The molecule has 0 aliphatic rings. The molecule has 0 radical (unpaired) electrons. The summed E-state index contributed by atoms with van der Waals surface area (Å²) in [6, 6.07) is 15.5. The number of aromatic nitrogens is 3. The van der Waals surface area contributed by atoms with Gasteiger partial charge in [-0.05, 0) is 44.2 Å². The SMILES string of the molecule is CCn1c(SCC(=O)N(Cc2ccco2)Cc2ccco2)nnc1-c1cccc(C)c1. The molecule has 0 spiro atoms. The number of rotatable bonds is 9. The van der Waals surface area contributed by atoms with Crippen molar-refractivity contribution in [2.45, 2.75) is 38.6 Å². The Labute approximate surface area is 185 Å². The van der Waals surface area contributed by atoms with Crippen molar-refractivity contribution in [3.05, 3.63) is 78.1 Å². The molecule has 8 heteroatoms. The molecule has 0 bridgehead atoms. The Balaban J connectivity index is 1.48. The van der Waals surface area contributed by atoms with E-state index in [1.54, 1.807) is 17.4 Å². The molecule has 31 heavy (non-hydrogen) atoms. The first-order valence-electron chi connectivity index (χ1n) is 10.1. The average molecular weight is 437 g/mol. The zero-order valence-electron chi connectivity index (χ0n) is 17.5. The zero-order valence-corrected chi connectivity index (χ0v) is 18.3. The van der Waals surface area contributed by atoms with E-state index >= 15 is 0 Å². The van der Waals surface area contributed by atoms with Crippen molar-refractivity contribution in [2.24, 2.45) is 0 Å². The van der Waals surface area contributed by atoms with E-state index in [4.69, 9.17) is 8.83 Å². The molecule has 4 rings (SSSR count). The number of carbonyl (C=O) groups excluding carboxylic acids is 1. The van der Waals surface area contributed by atoms with Gasteiger partial charge in [0, 0.05) is 12.1 Å². The summed E-state index contributed by atoms with van der Waals surface area (Å²) in [5.74, 6) is 2.48. The third-order valence-corrected chi connectivity index (χ3v) is 5.79. The predicted molar refractivity (Wildman–Crippen MR) is 118 cm³/mol. The summed E-state index contributed by atoms with van der Waals surface area (Å²) in [7, 11) is 0. The van der Waals surface area contributed by atoms with Crippen LogP contribution in [-0.4, -0.2) is 31.3 Å². The number of aryl methyl sites for hydroxylation is 1. The molecule has 0 atom stereocenters. The number of thioether (sulfide) groups is 1. The number of carbonyl (C=O) groups is 1. The fourth-order valence-corrected chi connectivity index (χ4v) is 4.21. The first kappa shape index (κ1) is 21.0. The second-order valence-electron chi connectivity index (χ2n) is 7.12. The lowest BCUT2D eigenvalue weighted by Gasteiger charge is -2.20. The highest BCUT2D eigenvalue weighted by Crippen LogP contribution is 2.25. The quantitative estimate of drug-likeness (QED) is 0.351. The predicted octanol–water partition coefficient (Wildman–Crippen LogP) is 4.78. The standard InChI is InChI=1S/C23H24N4O3S/c1-3-27-22(18-8-4-7-17(2)13-18)24-25-23(27)31-16-21(28)26(14-19-9-5-11-29-19)15-20-10-6-12-30-20/h4-13H,3,14-16H2,1-2H3. The highest BCUT2D eigenvalue weighted by Gasteiger charge is 2.20. The van der Waals surface area contributed by atoms with Gasteiger partial charge in [-0.2, -0.15) is 0 Å². The Hall–Kier alpha value is -3.26. The average Bonchev–Trinajstić information content (AvgIpc) is 3.53. The van der Waals surface area contributed by atoms with Crippen LogP contribution in [0.15, 0.2) is 75.0 Å². The lowest BCUT2D eigenvalue weighted by Crippen LogP contribution is -2.31. The van der Waals surface area contributed by atoms with Gasteiger partial charge in [0.2, 0.25) is 5.91 Å². The molecule has 3 aromatic heterocycles. The minimum Gasteiger partial charge on any atom is -0.467 e. The molecule has 0 aliphatic heterocycles. The molecule has 7 nitrogen and oxygen atoms in total. The largest absolute Gasteiger partial charge is 0.467 e. The van der Waals surface area contributed by atoms with Crippen molar-refractivity contribution in [1.82, 2.24) is 19.7 Å². The highest BCUT2D eigenvalue weighted by atomic mass is 32.2. The monoisotopic (exact) mass is 436 g/mol. The molecular weight excluding hydrogens is 412 g/mol. The van der Waals surface area contributed by atoms with Crippen LogP contribution in [0.25, 0.3) is 11.4 Å². The first-order valence-corrected chi connectivity index (χ1v) is 11.1. The van der Waals surface area contributed by atoms with Crippen molar-refractivity contribution in [3.63, 3.8) is 0 Å². The molecule has 0 saturated heterocycles. The maximum Gasteiger partial charge on any atom is 0.233 e. The Morgan fingerprint density at radius 1 is 1.03 bits per heavy atom. The van der Waals surface area contributed by atoms with Crippen LogP contribution in [0.5, 0.6) is 0 Å². The third kappa shape index (κ3) is 5.08. The highest BCUT2D eigenvalue weighted by molar-refractivity contribution is 7.99. The van der Waals surface area contributed by atoms with Crippen LogP contribution < -0.4 is 0 Å². The number of nitrogens with zero attached hydrogens (tertiary/aromatic N) is 4. The molecule has 0 aliphatic carbocycles. The van der Waals surface area contributed by atoms with Crippen LogP contribution in [-0.2, 0) is 24.4 Å². The Morgan fingerprint density at radius 2 is 1.74 bits per heavy atom. The molecule has 1 aromatic carbocycles. The molecule has 160 valence electrons. The topological polar surface area (TPSA) is 77.3 Å². The summed E-state index contributed by atoms with van der Waals surface area (Å²) in [4.78, 5) is 14.8. The lowest BCUT2D eigenvalue weighted by atomic mass is 10.1. The number of amides is 1. The fraction of sp³-hybridized carbons (Fsp3) is 0.261. The summed E-state index contributed by atoms with van der Waals surface area (Å²) in [6.07, 6.45) is 3.21. The van der Waals surface area contributed by atoms with Crippen LogP contribution in [0.2, 0.25) is 0 Å². The summed E-state index contributed by atoms with van der Waals surface area (Å²) in [5, 5.41) is 9.45. The van der Waals surface area contributed by atoms with Gasteiger partial charge in [0.05, 0.1) is 31.4 Å². The summed E-state index contributed by atoms with van der Waals surface area (Å²) >= 11 is 1.39. The van der Waals surface area contributed by atoms with Crippen molar-refractivity contribution in [1.29, 1.82) is 0 Å². The summed E-state index contributed by atoms with van der Waals surface area (Å²) < 4.78 is 12.9. The van der Waals surface area contributed by atoms with E-state index < -0.39 is 0 Å². The van der Waals surface area contributed by atoms with E-state index in [-0.39, 0.29) is 11.7 Å². The van der Waals surface area contributed by atoms with Crippen LogP contribution in [0, 0.1) is 6.92 Å². The van der Waals surface area contributed by atoms with Crippen molar-refractivity contribution < 1.29 is 13.6 Å². The normalized spacial score (nSPS) is 11.0. The van der Waals surface area contributed by atoms with E-state index in [9.17, 15) is 4.79 Å². The maximum atomic E-state index is 13.1. The van der Waals surface area contributed by atoms with Crippen molar-refractivity contribution in [3.8, 4) is 11.4 Å². The minimum absolute atomic E-state index is 0.0273. The molecule has 4 aromatic rings. The second-order valence-corrected chi connectivity index (χ2v) is 8.06. The van der Waals surface area contributed by atoms with Crippen LogP contribution in [0.1, 0.15) is 24.0 Å². The van der Waals surface area contributed by atoms with Gasteiger partial charge in [-0.3, -0.25) is 4.79 Å². The van der Waals surface area contributed by atoms with E-state index in [2.05, 4.69) is 36.2 Å². The Kier molecular flexibility index (Phi) is 6.57. The van der Waals surface area contributed by atoms with Crippen LogP contribution >= 0.6 is 11.8 Å². The van der Waals surface area contributed by atoms with Crippen LogP contribution in [0.4, 0.5) is 0 Å². The van der Waals surface area contributed by atoms with Gasteiger partial charge in [-0.15, -0.1) is 10.2 Å². The van der Waals surface area contributed by atoms with Gasteiger partial charge < -0.3 is 18.3 Å². The number of furan rings is 2. The number of hydrogen-bond donors (Lipinski definition) is 0. The fourth-order valence-electron chi connectivity index (χ4n) is 3.31. The van der Waals surface area contributed by atoms with Gasteiger partial charge in [-0.1, -0.05) is 35.5 Å². The minimum atomic E-state index is -0.0273. The van der Waals surface area contributed by atoms with Crippen molar-refractivity contribution >= 4 is 17.7 Å². The summed E-state index contributed by atoms with van der Waals surface area (Å²) in [5.41, 5.74) is 2.18. The number of benzene rings is 1. The van der Waals surface area contributed by atoms with Gasteiger partial charge in [-0.25, -0.2) is 0 Å². The van der Waals surface area contributed by atoms with E-state index in [0.717, 1.165) is 34.6 Å². The number of hydrogen-bond acceptors (Lipinski definition) is 6. The van der Waals surface area contributed by atoms with Gasteiger partial charge >= 0.3 is 0 Å². The molecule has 0 fully saturated rings. The molecular formula is C23H24N4O3S. The Bertz CT molecular complexity index is 1080. The van der Waals surface area contributed by atoms with Gasteiger partial charge in [0.25, 0.3) is 0 Å². The summed E-state index contributed by atoms with van der Waals surface area (Å²) in [6.45, 7) is 5.57. The van der Waals surface area contributed by atoms with E-state index in [1.165, 1.54) is 17.3 Å². The molecule has 0 N–H and O–H groups in total. The first-order chi connectivity index (χ1) is 15.1. The molecule has 1 amide bonds. The van der Waals surface area contributed by atoms with Crippen molar-refractivity contribution in [2.75, 3.05) is 5.75 Å². The smallest absolute Gasteiger partial charge is 0.233 e. The zero-order chi connectivity index (χ0) is 21.6. The van der Waals surface area contributed by atoms with Crippen LogP contribution in [0.3, 0.4) is 0 Å². The van der Waals surface area contributed by atoms with Gasteiger partial charge in [0.15, 0.2) is 11.0 Å². The maximum absolute atomic E-state index is 13.1. The lowest BCUT2D eigenvalue weighted by molar-refractivity contribution is -0.130.